The van der Waals surface area contributed by atoms with E-state index >= 15 is 0 Å². The molecule has 26 heavy (non-hydrogen) atoms. The quantitative estimate of drug-likeness (QED) is 0.625. The maximum absolute atomic E-state index is 12.5. The summed E-state index contributed by atoms with van der Waals surface area (Å²) in [5, 5.41) is 7.11. The normalized spacial score (nSPS) is 10.8. The molecule has 1 heterocycles. The van der Waals surface area contributed by atoms with Crippen molar-refractivity contribution in [3.05, 3.63) is 36.0 Å². The number of nitrogens with one attached hydrogen (secondary N) is 1. The number of rotatable bonds is 10. The molecule has 0 fully saturated rings. The number of benzene rings is 1. The Kier molecular flexibility index (Phi) is 7.51. The van der Waals surface area contributed by atoms with Gasteiger partial charge in [-0.3, -0.25) is 4.79 Å². The highest BCUT2D eigenvalue weighted by atomic mass is 16.5. The van der Waals surface area contributed by atoms with Crippen molar-refractivity contribution in [2.45, 2.75) is 52.5 Å². The van der Waals surface area contributed by atoms with E-state index in [1.54, 1.807) is 42.3 Å². The molecule has 0 aliphatic heterocycles. The predicted molar refractivity (Wildman–Crippen MR) is 103 cm³/mol. The van der Waals surface area contributed by atoms with Crippen molar-refractivity contribution >= 4 is 11.7 Å². The number of hydrogen-bond donors (Lipinski definition) is 1. The summed E-state index contributed by atoms with van der Waals surface area (Å²) in [7, 11) is 1.58. The topological polar surface area (TPSA) is 65.4 Å². The van der Waals surface area contributed by atoms with Crippen molar-refractivity contribution in [1.29, 1.82) is 0 Å². The first-order valence-electron chi connectivity index (χ1n) is 9.22. The van der Waals surface area contributed by atoms with Crippen LogP contribution in [0.15, 0.2) is 30.5 Å². The van der Waals surface area contributed by atoms with Crippen LogP contribution in [0.4, 0.5) is 5.82 Å². The van der Waals surface area contributed by atoms with Gasteiger partial charge in [0, 0.05) is 17.7 Å². The Hall–Kier alpha value is -2.50. The van der Waals surface area contributed by atoms with Crippen LogP contribution in [0.5, 0.6) is 11.5 Å². The zero-order valence-electron chi connectivity index (χ0n) is 16.1. The molecule has 0 radical (unpaired) electrons. The molecule has 0 spiro atoms. The number of anilines is 1. The highest BCUT2D eigenvalue weighted by Crippen LogP contribution is 2.29. The van der Waals surface area contributed by atoms with Crippen LogP contribution in [0.3, 0.4) is 0 Å². The van der Waals surface area contributed by atoms with Crippen molar-refractivity contribution in [2.24, 2.45) is 0 Å². The van der Waals surface area contributed by atoms with Gasteiger partial charge in [-0.05, 0) is 38.5 Å². The molecule has 0 saturated heterocycles. The standard InChI is InChI=1S/C20H29N3O3/c1-5-6-7-8-13-26-17-10-9-16(14-18(17)25-4)20(24)22-19-11-12-21-23(19)15(2)3/h9-12,14-15H,5-8,13H2,1-4H3,(H,22,24). The van der Waals surface area contributed by atoms with Gasteiger partial charge in [0.2, 0.25) is 0 Å². The van der Waals surface area contributed by atoms with E-state index in [4.69, 9.17) is 9.47 Å². The van der Waals surface area contributed by atoms with Gasteiger partial charge in [0.05, 0.1) is 19.9 Å². The van der Waals surface area contributed by atoms with Gasteiger partial charge in [-0.2, -0.15) is 5.10 Å². The van der Waals surface area contributed by atoms with Gasteiger partial charge in [0.1, 0.15) is 5.82 Å². The van der Waals surface area contributed by atoms with Gasteiger partial charge < -0.3 is 14.8 Å². The number of ether oxygens (including phenoxy) is 2. The molecule has 1 aromatic carbocycles. The average molecular weight is 359 g/mol. The summed E-state index contributed by atoms with van der Waals surface area (Å²) in [6.45, 7) is 6.86. The molecule has 0 saturated carbocycles. The third-order valence-electron chi connectivity index (χ3n) is 4.08. The van der Waals surface area contributed by atoms with Gasteiger partial charge in [-0.1, -0.05) is 26.2 Å². The maximum Gasteiger partial charge on any atom is 0.256 e. The fourth-order valence-corrected chi connectivity index (χ4v) is 2.65. The van der Waals surface area contributed by atoms with E-state index in [9.17, 15) is 4.79 Å². The highest BCUT2D eigenvalue weighted by molar-refractivity contribution is 6.04. The maximum atomic E-state index is 12.5. The lowest BCUT2D eigenvalue weighted by atomic mass is 10.2. The van der Waals surface area contributed by atoms with Crippen molar-refractivity contribution in [1.82, 2.24) is 9.78 Å². The molecule has 0 unspecified atom stereocenters. The van der Waals surface area contributed by atoms with Crippen LogP contribution in [0.2, 0.25) is 0 Å². The first-order valence-corrected chi connectivity index (χ1v) is 9.22. The Bertz CT molecular complexity index is 710. The number of nitrogens with zero attached hydrogens (tertiary/aromatic N) is 2. The SMILES string of the molecule is CCCCCCOc1ccc(C(=O)Nc2ccnn2C(C)C)cc1OC. The third kappa shape index (κ3) is 5.25. The molecule has 1 aromatic heterocycles. The monoisotopic (exact) mass is 359 g/mol. The lowest BCUT2D eigenvalue weighted by Crippen LogP contribution is -2.16. The molecule has 2 aromatic rings. The number of aromatic nitrogens is 2. The van der Waals surface area contributed by atoms with E-state index in [0.717, 1.165) is 12.8 Å². The zero-order chi connectivity index (χ0) is 18.9. The van der Waals surface area contributed by atoms with E-state index in [1.807, 2.05) is 13.8 Å². The van der Waals surface area contributed by atoms with Gasteiger partial charge in [-0.15, -0.1) is 0 Å². The molecular formula is C20H29N3O3. The number of unbranched alkanes of at least 4 members (excludes halogenated alkanes) is 3. The second kappa shape index (κ2) is 9.85. The molecule has 6 heteroatoms. The van der Waals surface area contributed by atoms with Crippen LogP contribution in [0, 0.1) is 0 Å². The summed E-state index contributed by atoms with van der Waals surface area (Å²) in [4.78, 5) is 12.5. The number of methoxy groups -OCH3 is 1. The molecule has 0 bridgehead atoms. The number of hydrogen-bond acceptors (Lipinski definition) is 4. The minimum atomic E-state index is -0.208. The Morgan fingerprint density at radius 1 is 1.19 bits per heavy atom. The summed E-state index contributed by atoms with van der Waals surface area (Å²) in [5.74, 6) is 1.68. The Labute approximate surface area is 155 Å². The zero-order valence-corrected chi connectivity index (χ0v) is 16.1. The molecular weight excluding hydrogens is 330 g/mol. The Morgan fingerprint density at radius 3 is 2.69 bits per heavy atom. The number of amides is 1. The van der Waals surface area contributed by atoms with E-state index in [1.165, 1.54) is 12.8 Å². The fraction of sp³-hybridized carbons (Fsp3) is 0.500. The van der Waals surface area contributed by atoms with E-state index in [-0.39, 0.29) is 11.9 Å². The third-order valence-corrected chi connectivity index (χ3v) is 4.08. The number of carbonyl (C=O) groups is 1. The van der Waals surface area contributed by atoms with Gasteiger partial charge in [-0.25, -0.2) is 4.68 Å². The lowest BCUT2D eigenvalue weighted by molar-refractivity contribution is 0.102. The molecule has 0 aliphatic carbocycles. The van der Waals surface area contributed by atoms with Gasteiger partial charge in [0.25, 0.3) is 5.91 Å². The van der Waals surface area contributed by atoms with Crippen LogP contribution in [0.25, 0.3) is 0 Å². The summed E-state index contributed by atoms with van der Waals surface area (Å²) in [6.07, 6.45) is 6.25. The second-order valence-corrected chi connectivity index (χ2v) is 6.48. The first kappa shape index (κ1) is 19.8. The Morgan fingerprint density at radius 2 is 2.00 bits per heavy atom. The first-order chi connectivity index (χ1) is 12.6. The van der Waals surface area contributed by atoms with Crippen LogP contribution in [-0.2, 0) is 0 Å². The van der Waals surface area contributed by atoms with E-state index < -0.39 is 0 Å². The summed E-state index contributed by atoms with van der Waals surface area (Å²) in [6, 6.07) is 7.18. The van der Waals surface area contributed by atoms with Crippen LogP contribution in [-0.4, -0.2) is 29.4 Å². The minimum Gasteiger partial charge on any atom is -0.493 e. The molecule has 6 nitrogen and oxygen atoms in total. The predicted octanol–water partition coefficient (Wildman–Crippen LogP) is 4.68. The van der Waals surface area contributed by atoms with Crippen LogP contribution in [0.1, 0.15) is 62.9 Å². The fourth-order valence-electron chi connectivity index (χ4n) is 2.65. The average Bonchev–Trinajstić information content (AvgIpc) is 3.10. The molecule has 1 amide bonds. The Balaban J connectivity index is 2.03. The van der Waals surface area contributed by atoms with Crippen molar-refractivity contribution < 1.29 is 14.3 Å². The lowest BCUT2D eigenvalue weighted by Gasteiger charge is -2.14. The van der Waals surface area contributed by atoms with Gasteiger partial charge >= 0.3 is 0 Å². The molecule has 142 valence electrons. The summed E-state index contributed by atoms with van der Waals surface area (Å²) in [5.41, 5.74) is 0.511. The largest absolute Gasteiger partial charge is 0.493 e. The van der Waals surface area contributed by atoms with E-state index in [2.05, 4.69) is 17.3 Å². The second-order valence-electron chi connectivity index (χ2n) is 6.48. The van der Waals surface area contributed by atoms with Crippen molar-refractivity contribution in [2.75, 3.05) is 19.0 Å². The summed E-state index contributed by atoms with van der Waals surface area (Å²) >= 11 is 0. The number of carbonyl (C=O) groups excluding carboxylic acids is 1. The highest BCUT2D eigenvalue weighted by Gasteiger charge is 2.14. The molecule has 0 atom stereocenters. The van der Waals surface area contributed by atoms with Crippen LogP contribution < -0.4 is 14.8 Å². The van der Waals surface area contributed by atoms with Gasteiger partial charge in [0.15, 0.2) is 11.5 Å². The van der Waals surface area contributed by atoms with E-state index in [0.29, 0.717) is 29.5 Å². The molecule has 2 rings (SSSR count). The van der Waals surface area contributed by atoms with Crippen molar-refractivity contribution in [3.8, 4) is 11.5 Å². The molecule has 0 aliphatic rings. The summed E-state index contributed by atoms with van der Waals surface area (Å²) < 4.78 is 13.0. The smallest absolute Gasteiger partial charge is 0.256 e. The minimum absolute atomic E-state index is 0.165. The van der Waals surface area contributed by atoms with Crippen molar-refractivity contribution in [3.63, 3.8) is 0 Å². The molecule has 1 N–H and O–H groups in total. The van der Waals surface area contributed by atoms with Crippen LogP contribution >= 0.6 is 0 Å².